The highest BCUT2D eigenvalue weighted by molar-refractivity contribution is 6.30. The first kappa shape index (κ1) is 18.2. The van der Waals surface area contributed by atoms with Gasteiger partial charge in [-0.25, -0.2) is 0 Å². The fourth-order valence-electron chi connectivity index (χ4n) is 4.15. The van der Waals surface area contributed by atoms with Crippen LogP contribution in [-0.2, 0) is 14.9 Å². The van der Waals surface area contributed by atoms with E-state index in [0.717, 1.165) is 43.7 Å². The second-order valence-corrected chi connectivity index (χ2v) is 8.30. The predicted octanol–water partition coefficient (Wildman–Crippen LogP) is 4.66. The van der Waals surface area contributed by atoms with Gasteiger partial charge in [-0.05, 0) is 62.1 Å². The molecule has 1 saturated heterocycles. The molecule has 0 spiro atoms. The fourth-order valence-corrected chi connectivity index (χ4v) is 4.28. The highest BCUT2D eigenvalue weighted by Gasteiger charge is 2.50. The van der Waals surface area contributed by atoms with E-state index < -0.39 is 0 Å². The van der Waals surface area contributed by atoms with Gasteiger partial charge in [-0.3, -0.25) is 0 Å². The summed E-state index contributed by atoms with van der Waals surface area (Å²) in [4.78, 5) is 0. The molecule has 1 aromatic rings. The molecule has 2 unspecified atom stereocenters. The standard InChI is InChI=1S/C20H30ClNO2/c1-14(2)11-18(22)20(15-6-8-16(21)9-7-15)12-17(13-20)24-19-5-3-4-10-23-19/h6-9,14,17-19H,3-5,10-13,22H2,1-2H3. The van der Waals surface area contributed by atoms with Gasteiger partial charge in [0.25, 0.3) is 0 Å². The number of nitrogens with two attached hydrogens (primary N) is 1. The van der Waals surface area contributed by atoms with Crippen LogP contribution in [0.5, 0.6) is 0 Å². The lowest BCUT2D eigenvalue weighted by atomic mass is 9.57. The van der Waals surface area contributed by atoms with Crippen molar-refractivity contribution in [3.05, 3.63) is 34.9 Å². The predicted molar refractivity (Wildman–Crippen MR) is 98.3 cm³/mol. The van der Waals surface area contributed by atoms with E-state index in [0.29, 0.717) is 5.92 Å². The highest BCUT2D eigenvalue weighted by atomic mass is 35.5. The number of hydrogen-bond acceptors (Lipinski definition) is 3. The van der Waals surface area contributed by atoms with Crippen LogP contribution in [0.2, 0.25) is 5.02 Å². The minimum atomic E-state index is -0.0201. The van der Waals surface area contributed by atoms with Gasteiger partial charge in [0.05, 0.1) is 6.10 Å². The second-order valence-electron chi connectivity index (χ2n) is 7.86. The van der Waals surface area contributed by atoms with Gasteiger partial charge in [-0.1, -0.05) is 37.6 Å². The van der Waals surface area contributed by atoms with Crippen molar-refractivity contribution in [1.29, 1.82) is 0 Å². The molecule has 0 amide bonds. The van der Waals surface area contributed by atoms with Gasteiger partial charge in [0.15, 0.2) is 6.29 Å². The molecule has 1 heterocycles. The molecule has 1 aromatic carbocycles. The zero-order valence-electron chi connectivity index (χ0n) is 14.8. The van der Waals surface area contributed by atoms with Gasteiger partial charge in [0, 0.05) is 23.1 Å². The van der Waals surface area contributed by atoms with E-state index >= 15 is 0 Å². The Morgan fingerprint density at radius 3 is 2.54 bits per heavy atom. The van der Waals surface area contributed by atoms with E-state index in [1.54, 1.807) is 0 Å². The summed E-state index contributed by atoms with van der Waals surface area (Å²) in [5, 5.41) is 0.772. The first-order valence-electron chi connectivity index (χ1n) is 9.28. The molecule has 4 heteroatoms. The lowest BCUT2D eigenvalue weighted by molar-refractivity contribution is -0.215. The third kappa shape index (κ3) is 3.96. The average Bonchev–Trinajstić information content (AvgIpc) is 2.52. The van der Waals surface area contributed by atoms with Crippen molar-refractivity contribution in [2.45, 2.75) is 76.2 Å². The van der Waals surface area contributed by atoms with Crippen molar-refractivity contribution in [2.24, 2.45) is 11.7 Å². The Kier molecular flexibility index (Phi) is 5.86. The van der Waals surface area contributed by atoms with Crippen molar-refractivity contribution in [1.82, 2.24) is 0 Å². The summed E-state index contributed by atoms with van der Waals surface area (Å²) in [5.41, 5.74) is 7.96. The summed E-state index contributed by atoms with van der Waals surface area (Å²) < 4.78 is 11.9. The molecule has 134 valence electrons. The van der Waals surface area contributed by atoms with Gasteiger partial charge in [-0.2, -0.15) is 0 Å². The molecule has 3 rings (SSSR count). The van der Waals surface area contributed by atoms with Gasteiger partial charge < -0.3 is 15.2 Å². The summed E-state index contributed by atoms with van der Waals surface area (Å²) in [6.45, 7) is 5.29. The maximum absolute atomic E-state index is 6.66. The molecule has 2 atom stereocenters. The third-order valence-electron chi connectivity index (χ3n) is 5.52. The van der Waals surface area contributed by atoms with E-state index in [-0.39, 0.29) is 23.9 Å². The Morgan fingerprint density at radius 1 is 1.25 bits per heavy atom. The smallest absolute Gasteiger partial charge is 0.157 e. The molecule has 2 N–H and O–H groups in total. The highest BCUT2D eigenvalue weighted by Crippen LogP contribution is 2.49. The summed E-state index contributed by atoms with van der Waals surface area (Å²) in [5.74, 6) is 0.589. The van der Waals surface area contributed by atoms with Crippen molar-refractivity contribution in [3.63, 3.8) is 0 Å². The fraction of sp³-hybridized carbons (Fsp3) is 0.700. The van der Waals surface area contributed by atoms with E-state index in [9.17, 15) is 0 Å². The first-order chi connectivity index (χ1) is 11.5. The summed E-state index contributed by atoms with van der Waals surface area (Å²) in [6, 6.07) is 8.36. The first-order valence-corrected chi connectivity index (χ1v) is 9.66. The van der Waals surface area contributed by atoms with Crippen LogP contribution < -0.4 is 5.73 Å². The maximum Gasteiger partial charge on any atom is 0.157 e. The Hall–Kier alpha value is -0.610. The average molecular weight is 352 g/mol. The van der Waals surface area contributed by atoms with Gasteiger partial charge in [0.1, 0.15) is 0 Å². The summed E-state index contributed by atoms with van der Waals surface area (Å²) >= 11 is 6.07. The minimum absolute atomic E-state index is 0.00813. The SMILES string of the molecule is CC(C)CC(N)C1(c2ccc(Cl)cc2)CC(OC2CCCCO2)C1. The number of benzene rings is 1. The zero-order valence-corrected chi connectivity index (χ0v) is 15.6. The molecule has 2 aliphatic rings. The zero-order chi connectivity index (χ0) is 17.2. The minimum Gasteiger partial charge on any atom is -0.353 e. The number of halogens is 1. The number of rotatable bonds is 6. The van der Waals surface area contributed by atoms with E-state index in [1.807, 2.05) is 12.1 Å². The third-order valence-corrected chi connectivity index (χ3v) is 5.77. The molecule has 0 aromatic heterocycles. The summed E-state index contributed by atoms with van der Waals surface area (Å²) in [6.07, 6.45) is 6.57. The Morgan fingerprint density at radius 2 is 1.96 bits per heavy atom. The van der Waals surface area contributed by atoms with Crippen LogP contribution in [0.3, 0.4) is 0 Å². The Bertz CT molecular complexity index is 519. The van der Waals surface area contributed by atoms with Crippen molar-refractivity contribution < 1.29 is 9.47 Å². The molecule has 1 aliphatic carbocycles. The van der Waals surface area contributed by atoms with Crippen LogP contribution >= 0.6 is 11.6 Å². The van der Waals surface area contributed by atoms with E-state index in [4.69, 9.17) is 26.8 Å². The molecule has 2 fully saturated rings. The lowest BCUT2D eigenvalue weighted by Gasteiger charge is -2.52. The molecule has 3 nitrogen and oxygen atoms in total. The van der Waals surface area contributed by atoms with E-state index in [2.05, 4.69) is 26.0 Å². The second kappa shape index (κ2) is 7.74. The van der Waals surface area contributed by atoms with Crippen LogP contribution in [0.1, 0.15) is 57.9 Å². The maximum atomic E-state index is 6.66. The summed E-state index contributed by atoms with van der Waals surface area (Å²) in [7, 11) is 0. The van der Waals surface area contributed by atoms with Gasteiger partial charge in [-0.15, -0.1) is 0 Å². The van der Waals surface area contributed by atoms with Crippen LogP contribution in [0.4, 0.5) is 0 Å². The lowest BCUT2D eigenvalue weighted by Crippen LogP contribution is -2.58. The quantitative estimate of drug-likeness (QED) is 0.810. The molecule has 1 aliphatic heterocycles. The topological polar surface area (TPSA) is 44.5 Å². The van der Waals surface area contributed by atoms with Crippen LogP contribution in [-0.4, -0.2) is 25.0 Å². The largest absolute Gasteiger partial charge is 0.353 e. The van der Waals surface area contributed by atoms with Crippen molar-refractivity contribution in [2.75, 3.05) is 6.61 Å². The van der Waals surface area contributed by atoms with Crippen molar-refractivity contribution in [3.8, 4) is 0 Å². The normalized spacial score (nSPS) is 31.7. The van der Waals surface area contributed by atoms with Crippen LogP contribution in [0, 0.1) is 5.92 Å². The molecule has 1 saturated carbocycles. The van der Waals surface area contributed by atoms with Gasteiger partial charge in [0.2, 0.25) is 0 Å². The Balaban J connectivity index is 1.69. The molecular formula is C20H30ClNO2. The monoisotopic (exact) mass is 351 g/mol. The van der Waals surface area contributed by atoms with Crippen LogP contribution in [0.25, 0.3) is 0 Å². The molecular weight excluding hydrogens is 322 g/mol. The number of ether oxygens (including phenoxy) is 2. The van der Waals surface area contributed by atoms with Gasteiger partial charge >= 0.3 is 0 Å². The Labute approximate surface area is 150 Å². The molecule has 0 radical (unpaired) electrons. The molecule has 0 bridgehead atoms. The molecule has 24 heavy (non-hydrogen) atoms. The number of hydrogen-bond donors (Lipinski definition) is 1. The van der Waals surface area contributed by atoms with E-state index in [1.165, 1.54) is 12.0 Å². The van der Waals surface area contributed by atoms with Crippen LogP contribution in [0.15, 0.2) is 24.3 Å². The van der Waals surface area contributed by atoms with Crippen molar-refractivity contribution >= 4 is 11.6 Å².